The predicted octanol–water partition coefficient (Wildman–Crippen LogP) is 6.67. The first-order chi connectivity index (χ1) is 17.3. The molecule has 0 aliphatic carbocycles. The Morgan fingerprint density at radius 1 is 1.17 bits per heavy atom. The summed E-state index contributed by atoms with van der Waals surface area (Å²) in [5, 5.41) is 0. The standard InChI is InChI=1S/C27H30BrNO5S2/c1-4-33-22-15-19(14-21(28)25(22)34-17-20-11-8-7-10-18(20)2)16-23-26(31)29(27(35)36-23)13-9-5-6-12-24(30)32-3/h7-8,10-11,14-16H,4-6,9,12-13,17H2,1-3H3/b23-16-. The summed E-state index contributed by atoms with van der Waals surface area (Å²) in [5.74, 6) is 0.907. The van der Waals surface area contributed by atoms with Crippen molar-refractivity contribution in [3.63, 3.8) is 0 Å². The van der Waals surface area contributed by atoms with Gasteiger partial charge in [-0.05, 0) is 77.5 Å². The average Bonchev–Trinajstić information content (AvgIpc) is 3.11. The smallest absolute Gasteiger partial charge is 0.305 e. The number of nitrogens with zero attached hydrogens (tertiary/aromatic N) is 1. The molecule has 0 bridgehead atoms. The van der Waals surface area contributed by atoms with E-state index in [-0.39, 0.29) is 11.9 Å². The fourth-order valence-electron chi connectivity index (χ4n) is 3.66. The number of aryl methyl sites for hydroxylation is 1. The first kappa shape index (κ1) is 28.2. The molecule has 1 amide bonds. The highest BCUT2D eigenvalue weighted by Gasteiger charge is 2.31. The van der Waals surface area contributed by atoms with Crippen molar-refractivity contribution in [3.05, 3.63) is 62.5 Å². The minimum atomic E-state index is -0.215. The number of unbranched alkanes of at least 4 members (excludes halogenated alkanes) is 2. The molecule has 6 nitrogen and oxygen atoms in total. The monoisotopic (exact) mass is 591 g/mol. The number of methoxy groups -OCH3 is 1. The fraction of sp³-hybridized carbons (Fsp3) is 0.370. The third-order valence-corrected chi connectivity index (χ3v) is 7.59. The minimum Gasteiger partial charge on any atom is -0.490 e. The van der Waals surface area contributed by atoms with Crippen LogP contribution in [0.1, 0.15) is 49.3 Å². The van der Waals surface area contributed by atoms with Crippen LogP contribution in [0.5, 0.6) is 11.5 Å². The van der Waals surface area contributed by atoms with Gasteiger partial charge >= 0.3 is 5.97 Å². The second-order valence-electron chi connectivity index (χ2n) is 8.20. The number of hydrogen-bond donors (Lipinski definition) is 0. The van der Waals surface area contributed by atoms with E-state index in [0.29, 0.717) is 46.9 Å². The van der Waals surface area contributed by atoms with Gasteiger partial charge < -0.3 is 14.2 Å². The van der Waals surface area contributed by atoms with Crippen molar-refractivity contribution in [2.24, 2.45) is 0 Å². The lowest BCUT2D eigenvalue weighted by Gasteiger charge is -2.16. The lowest BCUT2D eigenvalue weighted by molar-refractivity contribution is -0.140. The fourth-order valence-corrected chi connectivity index (χ4v) is 5.54. The molecular weight excluding hydrogens is 562 g/mol. The van der Waals surface area contributed by atoms with Gasteiger partial charge in [0.25, 0.3) is 5.91 Å². The molecule has 0 radical (unpaired) electrons. The molecule has 0 saturated carbocycles. The van der Waals surface area contributed by atoms with Crippen LogP contribution in [0.15, 0.2) is 45.8 Å². The molecule has 3 rings (SSSR count). The summed E-state index contributed by atoms with van der Waals surface area (Å²) in [6.45, 7) is 5.40. The maximum Gasteiger partial charge on any atom is 0.305 e. The van der Waals surface area contributed by atoms with Gasteiger partial charge in [-0.15, -0.1) is 0 Å². The molecular formula is C27H30BrNO5S2. The molecule has 1 saturated heterocycles. The van der Waals surface area contributed by atoms with Crippen molar-refractivity contribution in [3.8, 4) is 11.5 Å². The SMILES string of the molecule is CCOc1cc(/C=C2\SC(=S)N(CCCCCC(=O)OC)C2=O)cc(Br)c1OCc1ccccc1C. The van der Waals surface area contributed by atoms with Gasteiger partial charge in [-0.2, -0.15) is 0 Å². The van der Waals surface area contributed by atoms with E-state index in [1.807, 2.05) is 43.3 Å². The molecule has 1 aliphatic heterocycles. The third kappa shape index (κ3) is 7.57. The largest absolute Gasteiger partial charge is 0.490 e. The lowest BCUT2D eigenvalue weighted by atomic mass is 10.1. The van der Waals surface area contributed by atoms with Crippen LogP contribution in [-0.2, 0) is 20.9 Å². The number of carbonyl (C=O) groups excluding carboxylic acids is 2. The van der Waals surface area contributed by atoms with Gasteiger partial charge in [-0.1, -0.05) is 54.7 Å². The average molecular weight is 593 g/mol. The molecule has 0 aromatic heterocycles. The summed E-state index contributed by atoms with van der Waals surface area (Å²) in [6, 6.07) is 11.9. The number of ether oxygens (including phenoxy) is 3. The Kier molecular flexibility index (Phi) is 10.8. The molecule has 0 unspecified atom stereocenters. The summed E-state index contributed by atoms with van der Waals surface area (Å²) in [6.07, 6.45) is 4.53. The highest BCUT2D eigenvalue weighted by atomic mass is 79.9. The zero-order valence-electron chi connectivity index (χ0n) is 20.7. The van der Waals surface area contributed by atoms with Gasteiger partial charge in [0.2, 0.25) is 0 Å². The topological polar surface area (TPSA) is 65.1 Å². The molecule has 2 aromatic rings. The maximum atomic E-state index is 13.0. The number of thiocarbonyl (C=S) groups is 1. The van der Waals surface area contributed by atoms with Crippen LogP contribution in [0.25, 0.3) is 6.08 Å². The van der Waals surface area contributed by atoms with Crippen LogP contribution >= 0.6 is 39.9 Å². The highest BCUT2D eigenvalue weighted by molar-refractivity contribution is 9.10. The van der Waals surface area contributed by atoms with Crippen LogP contribution in [0.4, 0.5) is 0 Å². The molecule has 2 aromatic carbocycles. The van der Waals surface area contributed by atoms with E-state index in [9.17, 15) is 9.59 Å². The van der Waals surface area contributed by atoms with E-state index in [1.54, 1.807) is 4.90 Å². The van der Waals surface area contributed by atoms with Crippen molar-refractivity contribution in [1.29, 1.82) is 0 Å². The summed E-state index contributed by atoms with van der Waals surface area (Å²) >= 11 is 10.4. The zero-order chi connectivity index (χ0) is 26.1. The molecule has 1 aliphatic rings. The Balaban J connectivity index is 1.69. The minimum absolute atomic E-state index is 0.105. The number of rotatable bonds is 12. The number of halogens is 1. The highest BCUT2D eigenvalue weighted by Crippen LogP contribution is 2.40. The van der Waals surface area contributed by atoms with Crippen LogP contribution in [0, 0.1) is 6.92 Å². The summed E-state index contributed by atoms with van der Waals surface area (Å²) in [4.78, 5) is 26.4. The number of esters is 1. The Bertz CT molecular complexity index is 1150. The second kappa shape index (κ2) is 13.8. The van der Waals surface area contributed by atoms with Gasteiger partial charge in [0.1, 0.15) is 10.9 Å². The van der Waals surface area contributed by atoms with Crippen LogP contribution in [0.2, 0.25) is 0 Å². The van der Waals surface area contributed by atoms with Crippen molar-refractivity contribution in [2.75, 3.05) is 20.3 Å². The van der Waals surface area contributed by atoms with E-state index >= 15 is 0 Å². The van der Waals surface area contributed by atoms with E-state index in [2.05, 4.69) is 33.7 Å². The van der Waals surface area contributed by atoms with E-state index in [1.165, 1.54) is 18.9 Å². The predicted molar refractivity (Wildman–Crippen MR) is 151 cm³/mol. The Hall–Kier alpha value is -2.36. The Morgan fingerprint density at radius 3 is 2.67 bits per heavy atom. The van der Waals surface area contributed by atoms with Gasteiger partial charge in [0, 0.05) is 13.0 Å². The van der Waals surface area contributed by atoms with Gasteiger partial charge in [0.15, 0.2) is 11.5 Å². The van der Waals surface area contributed by atoms with Crippen LogP contribution in [-0.4, -0.2) is 41.4 Å². The number of thioether (sulfide) groups is 1. The Labute approximate surface area is 230 Å². The van der Waals surface area contributed by atoms with Crippen LogP contribution < -0.4 is 9.47 Å². The third-order valence-electron chi connectivity index (χ3n) is 5.63. The number of amides is 1. The molecule has 0 atom stereocenters. The number of hydrogen-bond acceptors (Lipinski definition) is 7. The summed E-state index contributed by atoms with van der Waals surface area (Å²) < 4.78 is 17.9. The molecule has 1 heterocycles. The number of benzene rings is 2. The molecule has 36 heavy (non-hydrogen) atoms. The van der Waals surface area contributed by atoms with E-state index in [0.717, 1.165) is 40.4 Å². The van der Waals surface area contributed by atoms with Gasteiger partial charge in [0.05, 0.1) is 23.1 Å². The second-order valence-corrected chi connectivity index (χ2v) is 10.7. The molecule has 192 valence electrons. The molecule has 9 heteroatoms. The zero-order valence-corrected chi connectivity index (χ0v) is 23.9. The van der Waals surface area contributed by atoms with Gasteiger partial charge in [-0.3, -0.25) is 14.5 Å². The van der Waals surface area contributed by atoms with E-state index < -0.39 is 0 Å². The van der Waals surface area contributed by atoms with Crippen molar-refractivity contribution in [2.45, 2.75) is 46.1 Å². The van der Waals surface area contributed by atoms with E-state index in [4.69, 9.17) is 21.7 Å². The Morgan fingerprint density at radius 2 is 1.94 bits per heavy atom. The normalized spacial score (nSPS) is 14.4. The van der Waals surface area contributed by atoms with Crippen molar-refractivity contribution >= 4 is 62.2 Å². The molecule has 1 fully saturated rings. The van der Waals surface area contributed by atoms with Crippen LogP contribution in [0.3, 0.4) is 0 Å². The van der Waals surface area contributed by atoms with Crippen molar-refractivity contribution < 1.29 is 23.8 Å². The van der Waals surface area contributed by atoms with Gasteiger partial charge in [-0.25, -0.2) is 0 Å². The quantitative estimate of drug-likeness (QED) is 0.118. The van der Waals surface area contributed by atoms with Crippen molar-refractivity contribution in [1.82, 2.24) is 4.90 Å². The molecule has 0 N–H and O–H groups in total. The summed E-state index contributed by atoms with van der Waals surface area (Å²) in [5.41, 5.74) is 3.07. The first-order valence-electron chi connectivity index (χ1n) is 11.8. The first-order valence-corrected chi connectivity index (χ1v) is 13.8. The number of carbonyl (C=O) groups is 2. The maximum absolute atomic E-state index is 13.0. The summed E-state index contributed by atoms with van der Waals surface area (Å²) in [7, 11) is 1.39. The molecule has 0 spiro atoms. The lowest BCUT2D eigenvalue weighted by Crippen LogP contribution is -2.29.